The normalized spacial score (nSPS) is 24.7. The summed E-state index contributed by atoms with van der Waals surface area (Å²) >= 11 is 0. The number of nitrogens with zero attached hydrogens (tertiary/aromatic N) is 3. The number of hydrogen-bond acceptors (Lipinski definition) is 4. The fourth-order valence-electron chi connectivity index (χ4n) is 3.48. The van der Waals surface area contributed by atoms with Crippen molar-refractivity contribution in [3.63, 3.8) is 0 Å². The molecular formula is C16H29N5. The van der Waals surface area contributed by atoms with Crippen LogP contribution in [0.4, 0.5) is 5.95 Å². The van der Waals surface area contributed by atoms with Crippen molar-refractivity contribution in [2.75, 3.05) is 24.5 Å². The van der Waals surface area contributed by atoms with E-state index in [2.05, 4.69) is 41.2 Å². The van der Waals surface area contributed by atoms with Gasteiger partial charge in [-0.25, -0.2) is 0 Å². The molecule has 2 aliphatic heterocycles. The van der Waals surface area contributed by atoms with E-state index < -0.39 is 0 Å². The van der Waals surface area contributed by atoms with E-state index in [0.29, 0.717) is 0 Å². The van der Waals surface area contributed by atoms with Crippen LogP contribution in [-0.2, 0) is 5.41 Å². The third-order valence-corrected chi connectivity index (χ3v) is 5.49. The molecule has 118 valence electrons. The molecular weight excluding hydrogens is 262 g/mol. The molecule has 0 amide bonds. The number of aromatic nitrogens is 3. The fraction of sp³-hybridized carbons (Fsp3) is 0.875. The number of anilines is 1. The van der Waals surface area contributed by atoms with Gasteiger partial charge >= 0.3 is 0 Å². The van der Waals surface area contributed by atoms with Gasteiger partial charge in [0.05, 0.1) is 0 Å². The molecule has 2 fully saturated rings. The summed E-state index contributed by atoms with van der Waals surface area (Å²) in [5.74, 6) is 2.75. The zero-order valence-electron chi connectivity index (χ0n) is 13.7. The van der Waals surface area contributed by atoms with Crippen LogP contribution in [0.1, 0.15) is 58.7 Å². The Morgan fingerprint density at radius 3 is 2.62 bits per heavy atom. The summed E-state index contributed by atoms with van der Waals surface area (Å²) < 4.78 is 0. The Hall–Kier alpha value is -1.10. The van der Waals surface area contributed by atoms with Crippen LogP contribution in [0, 0.1) is 5.92 Å². The van der Waals surface area contributed by atoms with E-state index in [0.717, 1.165) is 43.2 Å². The first-order chi connectivity index (χ1) is 10.1. The van der Waals surface area contributed by atoms with Gasteiger partial charge in [-0.05, 0) is 44.6 Å². The van der Waals surface area contributed by atoms with Crippen molar-refractivity contribution in [1.29, 1.82) is 0 Å². The maximum Gasteiger partial charge on any atom is 0.244 e. The maximum absolute atomic E-state index is 4.74. The molecule has 5 nitrogen and oxygen atoms in total. The van der Waals surface area contributed by atoms with Crippen LogP contribution in [0.5, 0.6) is 0 Å². The summed E-state index contributed by atoms with van der Waals surface area (Å²) in [5, 5.41) is 11.3. The lowest BCUT2D eigenvalue weighted by atomic mass is 9.88. The van der Waals surface area contributed by atoms with Crippen molar-refractivity contribution in [1.82, 2.24) is 20.5 Å². The average Bonchev–Trinajstić information content (AvgIpc) is 3.19. The Bertz CT molecular complexity index is 453. The minimum Gasteiger partial charge on any atom is -0.340 e. The maximum atomic E-state index is 4.74. The molecule has 5 heteroatoms. The molecule has 0 spiro atoms. The van der Waals surface area contributed by atoms with Gasteiger partial charge in [-0.1, -0.05) is 20.8 Å². The van der Waals surface area contributed by atoms with Crippen LogP contribution in [-0.4, -0.2) is 40.9 Å². The van der Waals surface area contributed by atoms with Crippen molar-refractivity contribution in [2.45, 2.75) is 64.3 Å². The van der Waals surface area contributed by atoms with Crippen LogP contribution in [0.15, 0.2) is 0 Å². The Labute approximate surface area is 127 Å². The van der Waals surface area contributed by atoms with E-state index in [-0.39, 0.29) is 5.41 Å². The predicted octanol–water partition coefficient (Wildman–Crippen LogP) is 2.46. The summed E-state index contributed by atoms with van der Waals surface area (Å²) in [4.78, 5) is 7.09. The van der Waals surface area contributed by atoms with Gasteiger partial charge in [-0.3, -0.25) is 5.10 Å². The minimum atomic E-state index is 0.0807. The van der Waals surface area contributed by atoms with Crippen LogP contribution >= 0.6 is 0 Å². The highest BCUT2D eigenvalue weighted by atomic mass is 15.4. The molecule has 0 saturated carbocycles. The first-order valence-electron chi connectivity index (χ1n) is 8.51. The second kappa shape index (κ2) is 5.95. The molecule has 3 rings (SSSR count). The Balaban J connectivity index is 1.59. The number of H-pyrrole nitrogens is 1. The van der Waals surface area contributed by atoms with Crippen molar-refractivity contribution in [3.8, 4) is 0 Å². The SMILES string of the molecule is CCC(C)(C)c1nc(N2CCC(C3CCCN3)CC2)n[nH]1. The monoisotopic (exact) mass is 291 g/mol. The second-order valence-electron chi connectivity index (χ2n) is 7.25. The quantitative estimate of drug-likeness (QED) is 0.895. The van der Waals surface area contributed by atoms with E-state index >= 15 is 0 Å². The first kappa shape index (κ1) is 14.8. The first-order valence-corrected chi connectivity index (χ1v) is 8.51. The smallest absolute Gasteiger partial charge is 0.244 e. The van der Waals surface area contributed by atoms with Gasteiger partial charge in [0.1, 0.15) is 5.82 Å². The highest BCUT2D eigenvalue weighted by Crippen LogP contribution is 2.29. The molecule has 0 aliphatic carbocycles. The minimum absolute atomic E-state index is 0.0807. The van der Waals surface area contributed by atoms with E-state index in [1.807, 2.05) is 0 Å². The van der Waals surface area contributed by atoms with E-state index in [4.69, 9.17) is 4.98 Å². The van der Waals surface area contributed by atoms with Crippen LogP contribution < -0.4 is 10.2 Å². The molecule has 1 aromatic rings. The third kappa shape index (κ3) is 3.07. The standard InChI is InChI=1S/C16H29N5/c1-4-16(2,3)14-18-15(20-19-14)21-10-7-12(8-11-21)13-6-5-9-17-13/h12-13,17H,4-11H2,1-3H3,(H,18,19,20). The van der Waals surface area contributed by atoms with Gasteiger partial charge in [0.2, 0.25) is 5.95 Å². The number of hydrogen-bond donors (Lipinski definition) is 2. The van der Waals surface area contributed by atoms with E-state index in [1.165, 1.54) is 32.2 Å². The number of rotatable bonds is 4. The summed E-state index contributed by atoms with van der Waals surface area (Å²) in [6.45, 7) is 10.0. The summed E-state index contributed by atoms with van der Waals surface area (Å²) in [6.07, 6.45) is 6.30. The molecule has 21 heavy (non-hydrogen) atoms. The molecule has 1 aromatic heterocycles. The lowest BCUT2D eigenvalue weighted by molar-refractivity contribution is 0.317. The van der Waals surface area contributed by atoms with E-state index in [1.54, 1.807) is 0 Å². The highest BCUT2D eigenvalue weighted by molar-refractivity contribution is 5.30. The number of aromatic amines is 1. The van der Waals surface area contributed by atoms with Crippen LogP contribution in [0.3, 0.4) is 0 Å². The third-order valence-electron chi connectivity index (χ3n) is 5.49. The number of piperidine rings is 1. The molecule has 2 aliphatic rings. The summed E-state index contributed by atoms with van der Waals surface area (Å²) in [6, 6.07) is 0.758. The Morgan fingerprint density at radius 1 is 1.24 bits per heavy atom. The molecule has 0 bridgehead atoms. The number of nitrogens with one attached hydrogen (secondary N) is 2. The molecule has 2 N–H and O–H groups in total. The van der Waals surface area contributed by atoms with Gasteiger partial charge in [0.25, 0.3) is 0 Å². The van der Waals surface area contributed by atoms with Gasteiger partial charge in [0, 0.05) is 24.5 Å². The van der Waals surface area contributed by atoms with Gasteiger partial charge in [-0.2, -0.15) is 4.98 Å². The van der Waals surface area contributed by atoms with Crippen molar-refractivity contribution in [2.24, 2.45) is 5.92 Å². The zero-order chi connectivity index (χ0) is 14.9. The molecule has 0 radical (unpaired) electrons. The molecule has 0 aromatic carbocycles. The fourth-order valence-corrected chi connectivity index (χ4v) is 3.48. The van der Waals surface area contributed by atoms with Crippen molar-refractivity contribution >= 4 is 5.95 Å². The molecule has 1 unspecified atom stereocenters. The van der Waals surface area contributed by atoms with Crippen LogP contribution in [0.25, 0.3) is 0 Å². The van der Waals surface area contributed by atoms with Crippen molar-refractivity contribution in [3.05, 3.63) is 5.82 Å². The van der Waals surface area contributed by atoms with Gasteiger partial charge in [-0.15, -0.1) is 5.10 Å². The lowest BCUT2D eigenvalue weighted by Crippen LogP contribution is -2.41. The summed E-state index contributed by atoms with van der Waals surface area (Å²) in [7, 11) is 0. The zero-order valence-corrected chi connectivity index (χ0v) is 13.7. The van der Waals surface area contributed by atoms with Gasteiger partial charge < -0.3 is 10.2 Å². The van der Waals surface area contributed by atoms with Gasteiger partial charge in [0.15, 0.2) is 0 Å². The highest BCUT2D eigenvalue weighted by Gasteiger charge is 2.30. The molecule has 2 saturated heterocycles. The summed E-state index contributed by atoms with van der Waals surface area (Å²) in [5.41, 5.74) is 0.0807. The second-order valence-corrected chi connectivity index (χ2v) is 7.25. The van der Waals surface area contributed by atoms with E-state index in [9.17, 15) is 0 Å². The van der Waals surface area contributed by atoms with Crippen molar-refractivity contribution < 1.29 is 0 Å². The Kier molecular flexibility index (Phi) is 4.20. The molecule has 1 atom stereocenters. The lowest BCUT2D eigenvalue weighted by Gasteiger charge is -2.34. The Morgan fingerprint density at radius 2 is 2.00 bits per heavy atom. The topological polar surface area (TPSA) is 56.8 Å². The largest absolute Gasteiger partial charge is 0.340 e. The molecule has 3 heterocycles. The van der Waals surface area contributed by atoms with Crippen LogP contribution in [0.2, 0.25) is 0 Å². The predicted molar refractivity (Wildman–Crippen MR) is 85.7 cm³/mol. The average molecular weight is 291 g/mol.